The number of benzene rings is 4. The Morgan fingerprint density at radius 3 is 1.99 bits per heavy atom. The summed E-state index contributed by atoms with van der Waals surface area (Å²) < 4.78 is 86.9. The second kappa shape index (κ2) is 38.3. The van der Waals surface area contributed by atoms with Crippen molar-refractivity contribution in [1.29, 1.82) is 0 Å². The van der Waals surface area contributed by atoms with Gasteiger partial charge in [0.2, 0.25) is 11.8 Å². The number of unbranched alkanes of at least 4 members (excludes halogenated alkanes) is 1. The van der Waals surface area contributed by atoms with Crippen molar-refractivity contribution < 1.29 is 65.4 Å². The molecule has 0 unspecified atom stereocenters. The van der Waals surface area contributed by atoms with Crippen LogP contribution in [0.1, 0.15) is 79.7 Å². The second-order valence-electron chi connectivity index (χ2n) is 25.6. The van der Waals surface area contributed by atoms with Crippen LogP contribution in [-0.2, 0) is 59.2 Å². The Morgan fingerprint density at radius 2 is 1.33 bits per heavy atom. The predicted octanol–water partition coefficient (Wildman–Crippen LogP) is 7.11. The van der Waals surface area contributed by atoms with E-state index in [1.54, 1.807) is 50.6 Å². The molecule has 4 aromatic heterocycles. The Balaban J connectivity index is 0.580. The van der Waals surface area contributed by atoms with E-state index in [1.165, 1.54) is 41.6 Å². The van der Waals surface area contributed by atoms with Gasteiger partial charge in [-0.15, -0.1) is 0 Å². The molecule has 4 aromatic carbocycles. The normalized spacial score (nSPS) is 12.7. The van der Waals surface area contributed by atoms with E-state index in [2.05, 4.69) is 40.6 Å². The van der Waals surface area contributed by atoms with Gasteiger partial charge in [0, 0.05) is 138 Å². The minimum Gasteiger partial charge on any atom is -0.493 e. The number of carbonyl (C=O) groups is 3. The van der Waals surface area contributed by atoms with E-state index in [9.17, 15) is 32.4 Å². The smallest absolute Gasteiger partial charge is 0.328 e. The van der Waals surface area contributed by atoms with Crippen LogP contribution in [0.2, 0.25) is 0 Å². The Kier molecular flexibility index (Phi) is 28.9. The molecule has 5 heterocycles. The topological polar surface area (TPSA) is 317 Å². The largest absolute Gasteiger partial charge is 0.493 e. The van der Waals surface area contributed by atoms with Crippen molar-refractivity contribution in [1.82, 2.24) is 54.6 Å². The Labute approximate surface area is 606 Å². The minimum atomic E-state index is -4.22. The van der Waals surface area contributed by atoms with E-state index >= 15 is 0 Å². The summed E-state index contributed by atoms with van der Waals surface area (Å²) in [4.78, 5) is 78.8. The lowest BCUT2D eigenvalue weighted by atomic mass is 10.0. The predicted molar refractivity (Wildman–Crippen MR) is 397 cm³/mol. The molecule has 0 bridgehead atoms. The van der Waals surface area contributed by atoms with Gasteiger partial charge in [-0.05, 0) is 120 Å². The summed E-state index contributed by atoms with van der Waals surface area (Å²) >= 11 is 0. The number of ether oxygens (including phenoxy) is 9. The second-order valence-corrected chi connectivity index (χ2v) is 27.3. The summed E-state index contributed by atoms with van der Waals surface area (Å²) in [6.07, 6.45) is 5.98. The van der Waals surface area contributed by atoms with Gasteiger partial charge in [0.1, 0.15) is 23.1 Å². The zero-order valence-electron chi connectivity index (χ0n) is 61.2. The number of imidazole rings is 1. The molecule has 8 aromatic rings. The van der Waals surface area contributed by atoms with Crippen LogP contribution in [0.4, 0.5) is 11.5 Å². The summed E-state index contributed by atoms with van der Waals surface area (Å²) in [5, 5.41) is 14.2. The molecular formula is C74H99N13O16S. The van der Waals surface area contributed by atoms with Crippen LogP contribution in [-0.4, -0.2) is 211 Å². The third kappa shape index (κ3) is 21.8. The number of hydrogen-bond acceptors (Lipinski definition) is 21. The number of nitrogens with one attached hydrogen (secondary N) is 5. The van der Waals surface area contributed by atoms with Gasteiger partial charge in [-0.2, -0.15) is 5.10 Å². The summed E-state index contributed by atoms with van der Waals surface area (Å²) in [5.41, 5.74) is 5.63. The number of piperazine rings is 1. The van der Waals surface area contributed by atoms with Crippen molar-refractivity contribution in [2.45, 2.75) is 77.8 Å². The molecule has 0 spiro atoms. The van der Waals surface area contributed by atoms with E-state index < -0.39 is 10.0 Å². The molecule has 0 saturated carbocycles. The lowest BCUT2D eigenvalue weighted by Crippen LogP contribution is -2.48. The van der Waals surface area contributed by atoms with Crippen LogP contribution < -0.4 is 60.5 Å². The number of rotatable bonds is 42. The fraction of sp³-hybridized carbons (Fsp3) is 0.473. The van der Waals surface area contributed by atoms with Crippen molar-refractivity contribution in [3.8, 4) is 45.6 Å². The molecule has 0 radical (unpaired) electrons. The summed E-state index contributed by atoms with van der Waals surface area (Å²) in [6.45, 7) is 19.2. The Hall–Kier alpha value is -9.56. The van der Waals surface area contributed by atoms with E-state index in [0.717, 1.165) is 84.7 Å². The van der Waals surface area contributed by atoms with E-state index in [-0.39, 0.29) is 83.2 Å². The average molecular weight is 1460 g/mol. The lowest BCUT2D eigenvalue weighted by molar-refractivity contribution is -0.123. The SMILES string of the molecule is CCCOc1cc(OCCCCN(C)CC(=O)NCCOCCOCCOCCOCCC(=O)NCCN2CCN(c3ccc(-c4cc(C(=O)NCc5c(C)cc(C)[nH]c5=O)c5cnn(C(C)C)c5c4)cn3)CC2)cc(Oc2cc3c(cc2NS(=O)(=O)c2ccc(OC)c(OC)c2)n(C)c(=O)n3C)c1. The van der Waals surface area contributed by atoms with Gasteiger partial charge in [0.15, 0.2) is 17.2 Å². The van der Waals surface area contributed by atoms with Crippen LogP contribution in [0.15, 0.2) is 106 Å². The molecule has 30 heteroatoms. The first kappa shape index (κ1) is 78.6. The standard InChI is InChI=1S/C74H99N13O16S/c1-11-27-101-55-40-56(42-57(41-55)103-67-45-65-64(83(7)74(92)84(65)8)44-62(67)81-104(93,94)58-15-16-66(95-9)68(43-58)96-10)102-28-13-12-21-82(6)49-71(89)76-20-30-98-32-34-100-36-35-99-33-31-97-29-18-70(88)75-19-22-85-23-25-86(26-24-85)69-17-14-53(46-77-69)54-38-59(61-48-79-87(50(2)3)63(61)39-54)72(90)78-47-60-51(4)37-52(5)80-73(60)91/h14-17,37-46,48,50,81H,11-13,18-36,47,49H2,1-10H3,(H,75,88)(H,76,89)(H,78,90)(H,80,91). The van der Waals surface area contributed by atoms with E-state index in [1.807, 2.05) is 87.8 Å². The fourth-order valence-corrected chi connectivity index (χ4v) is 13.0. The highest BCUT2D eigenvalue weighted by molar-refractivity contribution is 7.92. The molecule has 9 rings (SSSR count). The number of sulfonamides is 1. The Bertz CT molecular complexity index is 4430. The first-order valence-electron chi connectivity index (χ1n) is 35.1. The van der Waals surface area contributed by atoms with Gasteiger partial charge in [-0.3, -0.25) is 47.5 Å². The number of carbonyl (C=O) groups excluding carboxylic acids is 3. The number of hydrogen-bond donors (Lipinski definition) is 5. The zero-order chi connectivity index (χ0) is 74.3. The number of amides is 3. The number of aromatic nitrogens is 6. The van der Waals surface area contributed by atoms with E-state index in [4.69, 9.17) is 47.6 Å². The summed E-state index contributed by atoms with van der Waals surface area (Å²) in [7, 11) is 3.75. The van der Waals surface area contributed by atoms with Crippen LogP contribution in [0.3, 0.4) is 0 Å². The van der Waals surface area contributed by atoms with Crippen molar-refractivity contribution in [3.05, 3.63) is 134 Å². The Morgan fingerprint density at radius 1 is 0.663 bits per heavy atom. The van der Waals surface area contributed by atoms with Gasteiger partial charge in [-0.1, -0.05) is 6.92 Å². The quantitative estimate of drug-likeness (QED) is 0.0238. The molecule has 5 N–H and O–H groups in total. The number of likely N-dealkylation sites (N-methyl/N-ethyl adjacent to an activating group) is 1. The number of aromatic amines is 1. The number of nitrogens with zero attached hydrogens (tertiary/aromatic N) is 8. The van der Waals surface area contributed by atoms with Crippen LogP contribution in [0.5, 0.6) is 34.5 Å². The number of fused-ring (bicyclic) bond motifs is 2. The van der Waals surface area contributed by atoms with Crippen molar-refractivity contribution in [2.24, 2.45) is 14.1 Å². The molecule has 0 atom stereocenters. The van der Waals surface area contributed by atoms with Crippen molar-refractivity contribution >= 4 is 61.2 Å². The van der Waals surface area contributed by atoms with E-state index in [0.29, 0.717) is 131 Å². The highest BCUT2D eigenvalue weighted by atomic mass is 32.2. The molecule has 104 heavy (non-hydrogen) atoms. The first-order valence-corrected chi connectivity index (χ1v) is 36.6. The molecule has 1 saturated heterocycles. The third-order valence-electron chi connectivity index (χ3n) is 17.5. The number of pyridine rings is 2. The van der Waals surface area contributed by atoms with Gasteiger partial charge in [-0.25, -0.2) is 18.2 Å². The number of anilines is 2. The third-order valence-corrected chi connectivity index (χ3v) is 18.9. The molecular weight excluding hydrogens is 1360 g/mol. The first-order chi connectivity index (χ1) is 50.1. The maximum absolute atomic E-state index is 13.9. The maximum Gasteiger partial charge on any atom is 0.328 e. The summed E-state index contributed by atoms with van der Waals surface area (Å²) in [6, 6.07) is 22.4. The van der Waals surface area contributed by atoms with Crippen LogP contribution in [0, 0.1) is 13.8 Å². The van der Waals surface area contributed by atoms with Gasteiger partial charge in [0.25, 0.3) is 21.5 Å². The molecule has 3 amide bonds. The molecule has 562 valence electrons. The highest BCUT2D eigenvalue weighted by Gasteiger charge is 2.25. The minimum absolute atomic E-state index is 0.0633. The monoisotopic (exact) mass is 1460 g/mol. The van der Waals surface area contributed by atoms with Gasteiger partial charge < -0.3 is 68.5 Å². The highest BCUT2D eigenvalue weighted by Crippen LogP contribution is 2.39. The molecule has 0 aliphatic carbocycles. The fourth-order valence-electron chi connectivity index (χ4n) is 11.9. The summed E-state index contributed by atoms with van der Waals surface area (Å²) in [5.74, 6) is 2.34. The molecule has 1 fully saturated rings. The van der Waals surface area contributed by atoms with Crippen molar-refractivity contribution in [2.75, 3.05) is 156 Å². The number of aryl methyl sites for hydroxylation is 4. The molecule has 1 aliphatic rings. The maximum atomic E-state index is 13.9. The zero-order valence-corrected chi connectivity index (χ0v) is 62.0. The van der Waals surface area contributed by atoms with Crippen LogP contribution in [0.25, 0.3) is 33.1 Å². The van der Waals surface area contributed by atoms with Crippen LogP contribution >= 0.6 is 0 Å². The average Bonchev–Trinajstić information content (AvgIpc) is 1.57. The van der Waals surface area contributed by atoms with Gasteiger partial charge >= 0.3 is 5.69 Å². The molecule has 29 nitrogen and oxygen atoms in total. The van der Waals surface area contributed by atoms with Crippen molar-refractivity contribution in [3.63, 3.8) is 0 Å². The lowest BCUT2D eigenvalue weighted by Gasteiger charge is -2.35. The van der Waals surface area contributed by atoms with Gasteiger partial charge in [0.05, 0.1) is 126 Å². The number of methoxy groups -OCH3 is 2. The number of H-pyrrole nitrogens is 1. The molecule has 1 aliphatic heterocycles.